The molecule has 2 rings (SSSR count). The summed E-state index contributed by atoms with van der Waals surface area (Å²) in [6.45, 7) is 6.24. The molecule has 1 atom stereocenters. The number of hydrogen-bond acceptors (Lipinski definition) is 8. The molecule has 0 bridgehead atoms. The van der Waals surface area contributed by atoms with Crippen molar-refractivity contribution >= 4 is 11.9 Å². The Balaban J connectivity index is 2.20. The second kappa shape index (κ2) is 8.67. The van der Waals surface area contributed by atoms with E-state index in [0.717, 1.165) is 0 Å². The summed E-state index contributed by atoms with van der Waals surface area (Å²) in [6, 6.07) is 5.46. The Morgan fingerprint density at radius 3 is 2.70 bits per heavy atom. The van der Waals surface area contributed by atoms with Crippen molar-refractivity contribution in [2.45, 2.75) is 19.8 Å². The van der Waals surface area contributed by atoms with Gasteiger partial charge < -0.3 is 19.9 Å². The molecule has 0 fully saturated rings. The molecule has 1 aromatic rings. The monoisotopic (exact) mass is 369 g/mol. The van der Waals surface area contributed by atoms with E-state index in [1.807, 2.05) is 0 Å². The minimum Gasteiger partial charge on any atom is -0.459 e. The third kappa shape index (κ3) is 4.52. The molecule has 0 amide bonds. The van der Waals surface area contributed by atoms with Crippen LogP contribution >= 0.6 is 0 Å². The Labute approximate surface area is 156 Å². The first-order valence-electron chi connectivity index (χ1n) is 8.04. The maximum Gasteiger partial charge on any atom is 0.340 e. The lowest BCUT2D eigenvalue weighted by molar-refractivity contribution is -0.147. The zero-order chi connectivity index (χ0) is 20.0. The Kier molecular flexibility index (Phi) is 6.33. The summed E-state index contributed by atoms with van der Waals surface area (Å²) >= 11 is 0. The Morgan fingerprint density at radius 2 is 2.11 bits per heavy atom. The lowest BCUT2D eigenvalue weighted by Gasteiger charge is -2.26. The molecule has 2 N–H and O–H groups in total. The number of nitriles is 1. The smallest absolute Gasteiger partial charge is 0.340 e. The van der Waals surface area contributed by atoms with Crippen LogP contribution in [0.25, 0.3) is 0 Å². The minimum absolute atomic E-state index is 0.00335. The van der Waals surface area contributed by atoms with Crippen LogP contribution < -0.4 is 5.73 Å². The number of esters is 2. The van der Waals surface area contributed by atoms with Crippen LogP contribution in [-0.2, 0) is 23.8 Å². The molecule has 1 aromatic heterocycles. The first-order valence-corrected chi connectivity index (χ1v) is 8.04. The number of nitrogens with zero attached hydrogens (tertiary/aromatic N) is 2. The molecule has 140 valence electrons. The normalized spacial score (nSPS) is 16.3. The summed E-state index contributed by atoms with van der Waals surface area (Å²) in [5.74, 6) is -1.96. The Morgan fingerprint density at radius 1 is 1.41 bits per heavy atom. The van der Waals surface area contributed by atoms with Crippen LogP contribution in [0.2, 0.25) is 0 Å². The molecule has 0 spiro atoms. The highest BCUT2D eigenvalue weighted by molar-refractivity contribution is 5.92. The average molecular weight is 369 g/mol. The van der Waals surface area contributed by atoms with Crippen LogP contribution in [0.5, 0.6) is 0 Å². The lowest BCUT2D eigenvalue weighted by atomic mass is 9.84. The molecule has 0 saturated carbocycles. The number of pyridine rings is 1. The third-order valence-corrected chi connectivity index (χ3v) is 3.74. The van der Waals surface area contributed by atoms with E-state index in [-0.39, 0.29) is 35.8 Å². The van der Waals surface area contributed by atoms with Crippen molar-refractivity contribution in [3.63, 3.8) is 0 Å². The molecule has 0 saturated heterocycles. The molecule has 1 aliphatic heterocycles. The summed E-state index contributed by atoms with van der Waals surface area (Å²) in [4.78, 5) is 28.0. The van der Waals surface area contributed by atoms with Gasteiger partial charge in [-0.3, -0.25) is 4.98 Å². The highest BCUT2D eigenvalue weighted by atomic mass is 16.6. The molecule has 0 aliphatic carbocycles. The standard InChI is InChI=1S/C19H19N3O5/c1-11(2)18(23)25-7-8-26-19(24)16-15(13-5-4-6-22-10-13)14(9-20)12(3)27-17(16)21/h4-6,10,15H,1,7-8,21H2,2-3H3/t15-/m1/s1. The van der Waals surface area contributed by atoms with Gasteiger partial charge in [0.1, 0.15) is 24.5 Å². The van der Waals surface area contributed by atoms with Crippen molar-refractivity contribution in [1.29, 1.82) is 5.26 Å². The van der Waals surface area contributed by atoms with Crippen LogP contribution in [0.1, 0.15) is 25.3 Å². The topological polar surface area (TPSA) is 125 Å². The van der Waals surface area contributed by atoms with Gasteiger partial charge in [-0.05, 0) is 25.5 Å². The van der Waals surface area contributed by atoms with Crippen molar-refractivity contribution in [2.24, 2.45) is 5.73 Å². The highest BCUT2D eigenvalue weighted by Crippen LogP contribution is 2.39. The van der Waals surface area contributed by atoms with Gasteiger partial charge in [0.25, 0.3) is 0 Å². The molecular formula is C19H19N3O5. The van der Waals surface area contributed by atoms with Crippen LogP contribution in [0.3, 0.4) is 0 Å². The predicted octanol–water partition coefficient (Wildman–Crippen LogP) is 1.83. The quantitative estimate of drug-likeness (QED) is 0.457. The van der Waals surface area contributed by atoms with E-state index in [2.05, 4.69) is 17.6 Å². The first kappa shape index (κ1) is 19.7. The lowest BCUT2D eigenvalue weighted by Crippen LogP contribution is -2.27. The van der Waals surface area contributed by atoms with E-state index in [1.165, 1.54) is 13.1 Å². The zero-order valence-corrected chi connectivity index (χ0v) is 15.0. The van der Waals surface area contributed by atoms with E-state index in [0.29, 0.717) is 11.3 Å². The summed E-state index contributed by atoms with van der Waals surface area (Å²) in [7, 11) is 0. The second-order valence-corrected chi connectivity index (χ2v) is 5.73. The van der Waals surface area contributed by atoms with Crippen molar-refractivity contribution < 1.29 is 23.8 Å². The summed E-state index contributed by atoms with van der Waals surface area (Å²) in [6.07, 6.45) is 3.11. The van der Waals surface area contributed by atoms with Crippen LogP contribution in [0.15, 0.2) is 59.5 Å². The highest BCUT2D eigenvalue weighted by Gasteiger charge is 2.36. The minimum atomic E-state index is -0.770. The fourth-order valence-electron chi connectivity index (χ4n) is 2.48. The number of allylic oxidation sites excluding steroid dienone is 2. The van der Waals surface area contributed by atoms with Crippen molar-refractivity contribution in [2.75, 3.05) is 13.2 Å². The van der Waals surface area contributed by atoms with Gasteiger partial charge in [-0.15, -0.1) is 0 Å². The number of rotatable bonds is 6. The van der Waals surface area contributed by atoms with E-state index in [1.54, 1.807) is 25.3 Å². The first-order chi connectivity index (χ1) is 12.9. The number of ether oxygens (including phenoxy) is 3. The van der Waals surface area contributed by atoms with Gasteiger partial charge in [-0.25, -0.2) is 9.59 Å². The molecule has 0 unspecified atom stereocenters. The predicted molar refractivity (Wildman–Crippen MR) is 94.3 cm³/mol. The molecule has 27 heavy (non-hydrogen) atoms. The molecule has 2 heterocycles. The number of hydrogen-bond donors (Lipinski definition) is 1. The van der Waals surface area contributed by atoms with E-state index in [4.69, 9.17) is 19.9 Å². The molecular weight excluding hydrogens is 350 g/mol. The van der Waals surface area contributed by atoms with Crippen molar-refractivity contribution in [1.82, 2.24) is 4.98 Å². The number of carbonyl (C=O) groups excluding carboxylic acids is 2. The number of nitrogens with two attached hydrogens (primary N) is 1. The molecule has 0 aromatic carbocycles. The summed E-state index contributed by atoms with van der Waals surface area (Å²) < 4.78 is 15.4. The summed E-state index contributed by atoms with van der Waals surface area (Å²) in [5.41, 5.74) is 6.97. The number of aromatic nitrogens is 1. The molecule has 1 aliphatic rings. The van der Waals surface area contributed by atoms with Gasteiger partial charge in [0.2, 0.25) is 5.88 Å². The van der Waals surface area contributed by atoms with Gasteiger partial charge >= 0.3 is 11.9 Å². The van der Waals surface area contributed by atoms with Gasteiger partial charge in [0.05, 0.1) is 17.6 Å². The zero-order valence-electron chi connectivity index (χ0n) is 15.0. The molecule has 8 heteroatoms. The molecule has 8 nitrogen and oxygen atoms in total. The van der Waals surface area contributed by atoms with E-state index in [9.17, 15) is 14.9 Å². The van der Waals surface area contributed by atoms with Gasteiger partial charge in [-0.2, -0.15) is 5.26 Å². The Hall–Kier alpha value is -3.60. The van der Waals surface area contributed by atoms with Crippen LogP contribution in [0, 0.1) is 11.3 Å². The Bertz CT molecular complexity index is 865. The van der Waals surface area contributed by atoms with Crippen LogP contribution in [-0.4, -0.2) is 30.1 Å². The van der Waals surface area contributed by atoms with Gasteiger partial charge in [-0.1, -0.05) is 12.6 Å². The largest absolute Gasteiger partial charge is 0.459 e. The average Bonchev–Trinajstić information content (AvgIpc) is 2.64. The van der Waals surface area contributed by atoms with Gasteiger partial charge in [0.15, 0.2) is 0 Å². The number of carbonyl (C=O) groups is 2. The van der Waals surface area contributed by atoms with E-state index >= 15 is 0 Å². The van der Waals surface area contributed by atoms with E-state index < -0.39 is 17.9 Å². The fourth-order valence-corrected chi connectivity index (χ4v) is 2.48. The van der Waals surface area contributed by atoms with Crippen molar-refractivity contribution in [3.05, 3.63) is 65.0 Å². The third-order valence-electron chi connectivity index (χ3n) is 3.74. The van der Waals surface area contributed by atoms with Crippen molar-refractivity contribution in [3.8, 4) is 6.07 Å². The van der Waals surface area contributed by atoms with Gasteiger partial charge in [0, 0.05) is 18.0 Å². The second-order valence-electron chi connectivity index (χ2n) is 5.73. The maximum absolute atomic E-state index is 12.6. The summed E-state index contributed by atoms with van der Waals surface area (Å²) in [5, 5.41) is 9.52. The van der Waals surface area contributed by atoms with Crippen LogP contribution in [0.4, 0.5) is 0 Å². The SMILES string of the molecule is C=C(C)C(=O)OCCOC(=O)C1=C(N)OC(C)=C(C#N)[C@H]1c1cccnc1. The molecule has 0 radical (unpaired) electrons. The maximum atomic E-state index is 12.6. The fraction of sp³-hybridized carbons (Fsp3) is 0.263.